The summed E-state index contributed by atoms with van der Waals surface area (Å²) in [6, 6.07) is 0.396. The molecule has 0 fully saturated rings. The van der Waals surface area contributed by atoms with Crippen molar-refractivity contribution in [3.8, 4) is 0 Å². The molecule has 0 saturated heterocycles. The van der Waals surface area contributed by atoms with Crippen molar-refractivity contribution in [3.63, 3.8) is 0 Å². The fourth-order valence-electron chi connectivity index (χ4n) is 1.27. The molecule has 0 amide bonds. The lowest BCUT2D eigenvalue weighted by atomic mass is 10.1. The Morgan fingerprint density at radius 3 is 2.44 bits per heavy atom. The molecule has 96 valence electrons. The van der Waals surface area contributed by atoms with E-state index < -0.39 is 0 Å². The van der Waals surface area contributed by atoms with E-state index in [2.05, 4.69) is 29.6 Å². The van der Waals surface area contributed by atoms with Gasteiger partial charge in [-0.2, -0.15) is 0 Å². The summed E-state index contributed by atoms with van der Waals surface area (Å²) in [6.45, 7) is 5.29. The average molecular weight is 248 g/mol. The second kappa shape index (κ2) is 11.0. The van der Waals surface area contributed by atoms with Crippen LogP contribution >= 0.6 is 12.4 Å². The highest BCUT2D eigenvalue weighted by molar-refractivity contribution is 5.85. The van der Waals surface area contributed by atoms with Crippen molar-refractivity contribution < 1.29 is 0 Å². The first-order valence-corrected chi connectivity index (χ1v) is 5.82. The fraction of sp³-hybridized carbons (Fsp3) is 0.833. The lowest BCUT2D eigenvalue weighted by Gasteiger charge is -2.08. The van der Waals surface area contributed by atoms with Crippen LogP contribution < -0.4 is 5.73 Å². The van der Waals surface area contributed by atoms with Crippen molar-refractivity contribution in [2.45, 2.75) is 45.6 Å². The summed E-state index contributed by atoms with van der Waals surface area (Å²) in [5.74, 6) is 2.97. The van der Waals surface area contributed by atoms with Crippen molar-refractivity contribution >= 4 is 18.3 Å². The Labute approximate surface area is 106 Å². The fourth-order valence-corrected chi connectivity index (χ4v) is 1.27. The Kier molecular flexibility index (Phi) is 12.3. The summed E-state index contributed by atoms with van der Waals surface area (Å²) >= 11 is 0. The molecule has 0 aliphatic heterocycles. The predicted molar refractivity (Wildman–Crippen MR) is 74.5 cm³/mol. The van der Waals surface area contributed by atoms with Gasteiger partial charge < -0.3 is 10.6 Å². The van der Waals surface area contributed by atoms with Crippen LogP contribution in [0.3, 0.4) is 0 Å². The van der Waals surface area contributed by atoms with Crippen molar-refractivity contribution in [2.75, 3.05) is 20.6 Å². The number of nitrogens with zero attached hydrogens (tertiary/aromatic N) is 2. The standard InChI is InChI=1S/C12H25N3.ClH/c1-5-7-12(6-2)14-10-11(13)8-9-15(3)4;/h12H,5-9,13H2,1-4H3;1H. The largest absolute Gasteiger partial charge is 0.394 e. The molecule has 1 unspecified atom stereocenters. The smallest absolute Gasteiger partial charge is 0.0717 e. The first-order valence-electron chi connectivity index (χ1n) is 5.82. The van der Waals surface area contributed by atoms with E-state index in [1.807, 2.05) is 14.1 Å². The number of hydrogen-bond acceptors (Lipinski definition) is 3. The highest BCUT2D eigenvalue weighted by atomic mass is 35.5. The van der Waals surface area contributed by atoms with E-state index in [-0.39, 0.29) is 12.4 Å². The van der Waals surface area contributed by atoms with Gasteiger partial charge in [0.05, 0.1) is 11.7 Å². The number of aliphatic imine (C=N–C) groups is 1. The summed E-state index contributed by atoms with van der Waals surface area (Å²) in [6.07, 6.45) is 4.21. The monoisotopic (exact) mass is 247 g/mol. The Hall–Kier alpha value is -0.500. The van der Waals surface area contributed by atoms with Crippen LogP contribution in [0.1, 0.15) is 39.5 Å². The molecule has 2 N–H and O–H groups in total. The number of halogens is 1. The summed E-state index contributed by atoms with van der Waals surface area (Å²) in [4.78, 5) is 6.49. The van der Waals surface area contributed by atoms with Crippen molar-refractivity contribution in [1.82, 2.24) is 4.90 Å². The van der Waals surface area contributed by atoms with E-state index in [4.69, 9.17) is 5.73 Å². The molecule has 0 aliphatic carbocycles. The molecule has 0 aromatic rings. The van der Waals surface area contributed by atoms with Gasteiger partial charge in [-0.15, -0.1) is 12.4 Å². The van der Waals surface area contributed by atoms with Gasteiger partial charge in [-0.05, 0) is 26.9 Å². The number of hydrogen-bond donors (Lipinski definition) is 1. The normalized spacial score (nSPS) is 11.6. The third kappa shape index (κ3) is 10.0. The van der Waals surface area contributed by atoms with Crippen LogP contribution in [0.5, 0.6) is 0 Å². The minimum absolute atomic E-state index is 0. The van der Waals surface area contributed by atoms with Gasteiger partial charge in [0.1, 0.15) is 0 Å². The molecule has 0 rings (SSSR count). The Morgan fingerprint density at radius 2 is 2.00 bits per heavy atom. The van der Waals surface area contributed by atoms with Gasteiger partial charge in [0.25, 0.3) is 0 Å². The van der Waals surface area contributed by atoms with E-state index >= 15 is 0 Å². The zero-order valence-electron chi connectivity index (χ0n) is 11.0. The average Bonchev–Trinajstić information content (AvgIpc) is 2.21. The molecule has 0 aromatic heterocycles. The molecule has 0 heterocycles. The maximum Gasteiger partial charge on any atom is 0.0717 e. The summed E-state index contributed by atoms with van der Waals surface area (Å²) < 4.78 is 0. The van der Waals surface area contributed by atoms with Crippen LogP contribution in [0.25, 0.3) is 0 Å². The van der Waals surface area contributed by atoms with Gasteiger partial charge in [0, 0.05) is 18.8 Å². The van der Waals surface area contributed by atoms with Crippen LogP contribution in [-0.2, 0) is 0 Å². The zero-order valence-corrected chi connectivity index (χ0v) is 11.8. The molecule has 0 aromatic carbocycles. The Balaban J connectivity index is 0. The SMILES string of the molecule is CCCC(CC)N=C=C(N)CCN(C)C.Cl. The third-order valence-corrected chi connectivity index (χ3v) is 2.31. The molecule has 1 atom stereocenters. The summed E-state index contributed by atoms with van der Waals surface area (Å²) in [5, 5.41) is 0. The van der Waals surface area contributed by atoms with Crippen molar-refractivity contribution in [3.05, 3.63) is 5.70 Å². The van der Waals surface area contributed by atoms with Gasteiger partial charge in [-0.25, -0.2) is 4.99 Å². The molecular formula is C12H26ClN3. The van der Waals surface area contributed by atoms with E-state index in [1.165, 1.54) is 6.42 Å². The van der Waals surface area contributed by atoms with Crippen LogP contribution in [0, 0.1) is 0 Å². The molecule has 0 bridgehead atoms. The van der Waals surface area contributed by atoms with Crippen molar-refractivity contribution in [1.29, 1.82) is 0 Å². The minimum Gasteiger partial charge on any atom is -0.394 e. The van der Waals surface area contributed by atoms with Crippen LogP contribution in [0.2, 0.25) is 0 Å². The topological polar surface area (TPSA) is 41.6 Å². The van der Waals surface area contributed by atoms with Gasteiger partial charge in [0.15, 0.2) is 0 Å². The van der Waals surface area contributed by atoms with Crippen LogP contribution in [0.15, 0.2) is 10.7 Å². The van der Waals surface area contributed by atoms with E-state index in [9.17, 15) is 0 Å². The Morgan fingerprint density at radius 1 is 1.38 bits per heavy atom. The molecule has 0 spiro atoms. The second-order valence-electron chi connectivity index (χ2n) is 4.17. The molecular weight excluding hydrogens is 222 g/mol. The van der Waals surface area contributed by atoms with Gasteiger partial charge >= 0.3 is 0 Å². The third-order valence-electron chi connectivity index (χ3n) is 2.31. The first-order chi connectivity index (χ1) is 7.10. The minimum atomic E-state index is 0. The lowest BCUT2D eigenvalue weighted by molar-refractivity contribution is 0.413. The molecule has 3 nitrogen and oxygen atoms in total. The maximum absolute atomic E-state index is 5.81. The van der Waals surface area contributed by atoms with Gasteiger partial charge in [0.2, 0.25) is 0 Å². The quantitative estimate of drug-likeness (QED) is 0.703. The van der Waals surface area contributed by atoms with E-state index in [0.717, 1.165) is 31.5 Å². The maximum atomic E-state index is 5.81. The molecule has 0 radical (unpaired) electrons. The predicted octanol–water partition coefficient (Wildman–Crippen LogP) is 2.45. The lowest BCUT2D eigenvalue weighted by Crippen LogP contribution is -2.16. The molecule has 16 heavy (non-hydrogen) atoms. The van der Waals surface area contributed by atoms with Gasteiger partial charge in [-0.3, -0.25) is 0 Å². The summed E-state index contributed by atoms with van der Waals surface area (Å²) in [5.41, 5.74) is 6.57. The van der Waals surface area contributed by atoms with Crippen LogP contribution in [0.4, 0.5) is 0 Å². The van der Waals surface area contributed by atoms with Gasteiger partial charge in [-0.1, -0.05) is 20.3 Å². The molecule has 4 heteroatoms. The molecule has 0 aliphatic rings. The Bertz CT molecular complexity index is 220. The highest BCUT2D eigenvalue weighted by Gasteiger charge is 2.00. The zero-order chi connectivity index (χ0) is 11.7. The number of rotatable bonds is 7. The molecule has 0 saturated carbocycles. The van der Waals surface area contributed by atoms with E-state index in [0.29, 0.717) is 6.04 Å². The van der Waals surface area contributed by atoms with Crippen molar-refractivity contribution in [2.24, 2.45) is 10.7 Å². The van der Waals surface area contributed by atoms with E-state index in [1.54, 1.807) is 0 Å². The van der Waals surface area contributed by atoms with Crippen LogP contribution in [-0.4, -0.2) is 37.5 Å². The second-order valence-corrected chi connectivity index (χ2v) is 4.17. The first kappa shape index (κ1) is 17.9. The number of nitrogens with two attached hydrogens (primary N) is 1. The highest BCUT2D eigenvalue weighted by Crippen LogP contribution is 2.04. The summed E-state index contributed by atoms with van der Waals surface area (Å²) in [7, 11) is 4.08.